The van der Waals surface area contributed by atoms with Crippen LogP contribution in [-0.2, 0) is 4.79 Å². The Balaban J connectivity index is 2.87. The fourth-order valence-corrected chi connectivity index (χ4v) is 1.10. The number of anilines is 1. The molecule has 1 aromatic carbocycles. The number of nitriles is 1. The molecule has 0 saturated heterocycles. The molecule has 0 aliphatic heterocycles. The minimum absolute atomic E-state index is 0.199. The predicted octanol–water partition coefficient (Wildman–Crippen LogP) is -0.642. The van der Waals surface area contributed by atoms with E-state index < -0.39 is 18.8 Å². The number of nitrogens with zero attached hydrogens (tertiary/aromatic N) is 1. The second kappa shape index (κ2) is 5.25. The molecule has 0 fully saturated rings. The summed E-state index contributed by atoms with van der Waals surface area (Å²) in [5.41, 5.74) is -0.139. The van der Waals surface area contributed by atoms with Crippen LogP contribution in [0, 0.1) is 17.1 Å². The molecule has 0 atom stereocenters. The van der Waals surface area contributed by atoms with Crippen LogP contribution in [0.2, 0.25) is 0 Å². The van der Waals surface area contributed by atoms with Crippen molar-refractivity contribution in [1.82, 2.24) is 0 Å². The molecule has 0 unspecified atom stereocenters. The van der Waals surface area contributed by atoms with Crippen molar-refractivity contribution in [3.8, 4) is 6.07 Å². The SMILES string of the molecule is N#CCC(=O)Nc1ccc(F)c(B(O)O)c1. The zero-order valence-electron chi connectivity index (χ0n) is 8.14. The first-order valence-electron chi connectivity index (χ1n) is 4.37. The second-order valence-electron chi connectivity index (χ2n) is 2.99. The van der Waals surface area contributed by atoms with Crippen molar-refractivity contribution in [3.63, 3.8) is 0 Å². The zero-order valence-corrected chi connectivity index (χ0v) is 8.14. The highest BCUT2D eigenvalue weighted by Gasteiger charge is 2.17. The van der Waals surface area contributed by atoms with Gasteiger partial charge in [0.25, 0.3) is 0 Å². The molecule has 0 heterocycles. The molecule has 0 aliphatic carbocycles. The van der Waals surface area contributed by atoms with Crippen molar-refractivity contribution in [2.45, 2.75) is 6.42 Å². The first-order chi connectivity index (χ1) is 7.54. The van der Waals surface area contributed by atoms with Crippen LogP contribution < -0.4 is 10.8 Å². The van der Waals surface area contributed by atoms with Gasteiger partial charge >= 0.3 is 7.12 Å². The summed E-state index contributed by atoms with van der Waals surface area (Å²) in [6.45, 7) is 0. The summed E-state index contributed by atoms with van der Waals surface area (Å²) in [4.78, 5) is 11.0. The maximum Gasteiger partial charge on any atom is 0.491 e. The van der Waals surface area contributed by atoms with Gasteiger partial charge in [-0.1, -0.05) is 0 Å². The number of benzene rings is 1. The Bertz CT molecular complexity index is 445. The number of hydrogen-bond donors (Lipinski definition) is 3. The number of hydrogen-bond acceptors (Lipinski definition) is 4. The molecule has 0 bridgehead atoms. The Morgan fingerprint density at radius 2 is 2.25 bits per heavy atom. The summed E-state index contributed by atoms with van der Waals surface area (Å²) >= 11 is 0. The van der Waals surface area contributed by atoms with E-state index in [9.17, 15) is 9.18 Å². The monoisotopic (exact) mass is 222 g/mol. The zero-order chi connectivity index (χ0) is 12.1. The highest BCUT2D eigenvalue weighted by atomic mass is 19.1. The third-order valence-electron chi connectivity index (χ3n) is 1.80. The third-order valence-corrected chi connectivity index (χ3v) is 1.80. The Kier molecular flexibility index (Phi) is 3.99. The first kappa shape index (κ1) is 12.2. The number of nitrogens with one attached hydrogen (secondary N) is 1. The smallest absolute Gasteiger partial charge is 0.423 e. The fraction of sp³-hybridized carbons (Fsp3) is 0.111. The highest BCUT2D eigenvalue weighted by Crippen LogP contribution is 2.07. The molecule has 0 spiro atoms. The second-order valence-corrected chi connectivity index (χ2v) is 2.99. The van der Waals surface area contributed by atoms with Gasteiger partial charge in [0.05, 0.1) is 6.07 Å². The van der Waals surface area contributed by atoms with E-state index in [0.29, 0.717) is 0 Å². The van der Waals surface area contributed by atoms with Crippen molar-refractivity contribution in [2.75, 3.05) is 5.32 Å². The van der Waals surface area contributed by atoms with E-state index in [4.69, 9.17) is 15.3 Å². The third kappa shape index (κ3) is 3.05. The van der Waals surface area contributed by atoms with Crippen LogP contribution in [0.25, 0.3) is 0 Å². The van der Waals surface area contributed by atoms with E-state index in [1.165, 1.54) is 6.07 Å². The normalized spacial score (nSPS) is 9.38. The number of rotatable bonds is 3. The Hall–Kier alpha value is -1.91. The van der Waals surface area contributed by atoms with Crippen LogP contribution in [-0.4, -0.2) is 23.1 Å². The van der Waals surface area contributed by atoms with Crippen LogP contribution in [0.5, 0.6) is 0 Å². The van der Waals surface area contributed by atoms with Gasteiger partial charge in [0.2, 0.25) is 5.91 Å². The van der Waals surface area contributed by atoms with E-state index in [0.717, 1.165) is 12.1 Å². The maximum atomic E-state index is 13.0. The van der Waals surface area contributed by atoms with E-state index in [1.807, 2.05) is 0 Å². The van der Waals surface area contributed by atoms with Gasteiger partial charge in [-0.25, -0.2) is 4.39 Å². The van der Waals surface area contributed by atoms with Gasteiger partial charge in [0.15, 0.2) is 0 Å². The number of halogens is 1. The largest absolute Gasteiger partial charge is 0.491 e. The standard InChI is InChI=1S/C9H8BFN2O3/c11-8-2-1-6(5-7(8)10(15)16)13-9(14)3-4-12/h1-2,5,15-16H,3H2,(H,13,14). The Morgan fingerprint density at radius 3 is 2.81 bits per heavy atom. The van der Waals surface area contributed by atoms with Gasteiger partial charge in [0, 0.05) is 11.2 Å². The van der Waals surface area contributed by atoms with E-state index in [-0.39, 0.29) is 17.6 Å². The number of amides is 1. The van der Waals surface area contributed by atoms with E-state index >= 15 is 0 Å². The fourth-order valence-electron chi connectivity index (χ4n) is 1.10. The minimum Gasteiger partial charge on any atom is -0.423 e. The van der Waals surface area contributed by atoms with E-state index in [1.54, 1.807) is 6.07 Å². The van der Waals surface area contributed by atoms with E-state index in [2.05, 4.69) is 5.32 Å². The average molecular weight is 222 g/mol. The summed E-state index contributed by atoms with van der Waals surface area (Å²) in [5.74, 6) is -1.33. The maximum absolute atomic E-state index is 13.0. The first-order valence-corrected chi connectivity index (χ1v) is 4.37. The molecule has 0 aliphatic rings. The van der Waals surface area contributed by atoms with Crippen LogP contribution in [0.1, 0.15) is 6.42 Å². The molecule has 16 heavy (non-hydrogen) atoms. The van der Waals surface area contributed by atoms with Gasteiger partial charge in [-0.3, -0.25) is 4.79 Å². The van der Waals surface area contributed by atoms with Crippen molar-refractivity contribution in [3.05, 3.63) is 24.0 Å². The van der Waals surface area contributed by atoms with Gasteiger partial charge in [0.1, 0.15) is 12.2 Å². The van der Waals surface area contributed by atoms with Crippen molar-refractivity contribution in [1.29, 1.82) is 5.26 Å². The quantitative estimate of drug-likeness (QED) is 0.592. The molecule has 0 saturated carbocycles. The summed E-state index contributed by atoms with van der Waals surface area (Å²) in [7, 11) is -1.95. The summed E-state index contributed by atoms with van der Waals surface area (Å²) in [6, 6.07) is 5.00. The lowest BCUT2D eigenvalue weighted by Crippen LogP contribution is -2.33. The average Bonchev–Trinajstić information content (AvgIpc) is 2.21. The van der Waals surface area contributed by atoms with Crippen molar-refractivity contribution in [2.24, 2.45) is 0 Å². The van der Waals surface area contributed by atoms with Gasteiger partial charge in [-0.05, 0) is 18.2 Å². The molecular weight excluding hydrogens is 214 g/mol. The van der Waals surface area contributed by atoms with Crippen LogP contribution in [0.4, 0.5) is 10.1 Å². The lowest BCUT2D eigenvalue weighted by Gasteiger charge is -2.06. The molecule has 1 rings (SSSR count). The minimum atomic E-state index is -1.95. The molecule has 1 amide bonds. The number of carbonyl (C=O) groups is 1. The van der Waals surface area contributed by atoms with Crippen LogP contribution >= 0.6 is 0 Å². The molecule has 0 radical (unpaired) electrons. The molecule has 7 heteroatoms. The molecule has 1 aromatic rings. The van der Waals surface area contributed by atoms with Crippen LogP contribution in [0.15, 0.2) is 18.2 Å². The summed E-state index contributed by atoms with van der Waals surface area (Å²) in [5, 5.41) is 28.2. The predicted molar refractivity (Wildman–Crippen MR) is 55.1 cm³/mol. The van der Waals surface area contributed by atoms with Gasteiger partial charge in [-0.15, -0.1) is 0 Å². The van der Waals surface area contributed by atoms with Crippen molar-refractivity contribution < 1.29 is 19.2 Å². The lowest BCUT2D eigenvalue weighted by atomic mass is 9.79. The van der Waals surface area contributed by atoms with Gasteiger partial charge in [-0.2, -0.15) is 5.26 Å². The molecule has 5 nitrogen and oxygen atoms in total. The lowest BCUT2D eigenvalue weighted by molar-refractivity contribution is -0.115. The number of carbonyl (C=O) groups excluding carboxylic acids is 1. The van der Waals surface area contributed by atoms with Crippen LogP contribution in [0.3, 0.4) is 0 Å². The van der Waals surface area contributed by atoms with Gasteiger partial charge < -0.3 is 15.4 Å². The topological polar surface area (TPSA) is 93.4 Å². The molecule has 3 N–H and O–H groups in total. The van der Waals surface area contributed by atoms with Crippen molar-refractivity contribution >= 4 is 24.2 Å². The highest BCUT2D eigenvalue weighted by molar-refractivity contribution is 6.58. The molecule has 82 valence electrons. The summed E-state index contributed by atoms with van der Waals surface area (Å²) < 4.78 is 13.0. The molecule has 0 aromatic heterocycles. The Labute approximate surface area is 91.3 Å². The Morgan fingerprint density at radius 1 is 1.56 bits per heavy atom. The summed E-state index contributed by atoms with van der Waals surface area (Å²) in [6.07, 6.45) is -0.325. The molecular formula is C9H8BFN2O3.